The van der Waals surface area contributed by atoms with Gasteiger partial charge in [-0.15, -0.1) is 0 Å². The van der Waals surface area contributed by atoms with Gasteiger partial charge in [0, 0.05) is 48.6 Å². The normalized spacial score (nSPS) is 11.5. The van der Waals surface area contributed by atoms with Gasteiger partial charge in [0.1, 0.15) is 5.52 Å². The summed E-state index contributed by atoms with van der Waals surface area (Å²) >= 11 is 0. The number of hydrogen-bond donors (Lipinski definition) is 2. The molecular formula is C23H29N5O2. The van der Waals surface area contributed by atoms with Crippen molar-refractivity contribution in [2.45, 2.75) is 34.6 Å². The van der Waals surface area contributed by atoms with Crippen molar-refractivity contribution in [3.63, 3.8) is 0 Å². The molecule has 2 heterocycles. The molecule has 7 nitrogen and oxygen atoms in total. The number of aromatic nitrogens is 3. The number of rotatable bonds is 6. The van der Waals surface area contributed by atoms with Gasteiger partial charge >= 0.3 is 0 Å². The predicted octanol–water partition coefficient (Wildman–Crippen LogP) is 4.06. The summed E-state index contributed by atoms with van der Waals surface area (Å²) in [5.41, 5.74) is 4.00. The smallest absolute Gasteiger partial charge is 0.251 e. The fourth-order valence-corrected chi connectivity index (χ4v) is 3.41. The second kappa shape index (κ2) is 8.26. The Morgan fingerprint density at radius 2 is 1.83 bits per heavy atom. The molecule has 0 atom stereocenters. The highest BCUT2D eigenvalue weighted by atomic mass is 16.1. The second-order valence-corrected chi connectivity index (χ2v) is 8.25. The number of amides is 1. The van der Waals surface area contributed by atoms with Crippen LogP contribution in [0.5, 0.6) is 0 Å². The van der Waals surface area contributed by atoms with Crippen LogP contribution >= 0.6 is 0 Å². The molecule has 0 aliphatic carbocycles. The lowest BCUT2D eigenvalue weighted by atomic mass is 9.87. The maximum absolute atomic E-state index is 12.8. The van der Waals surface area contributed by atoms with E-state index in [0.717, 1.165) is 24.3 Å². The van der Waals surface area contributed by atoms with Gasteiger partial charge in [-0.05, 0) is 32.0 Å². The van der Waals surface area contributed by atoms with Gasteiger partial charge in [-0.3, -0.25) is 9.59 Å². The number of aromatic amines is 1. The number of hydrogen-bond acceptors (Lipinski definition) is 5. The largest absolute Gasteiger partial charge is 0.372 e. The number of anilines is 1. The van der Waals surface area contributed by atoms with Gasteiger partial charge < -0.3 is 15.2 Å². The molecule has 0 fully saturated rings. The molecular weight excluding hydrogens is 378 g/mol. The van der Waals surface area contributed by atoms with E-state index in [4.69, 9.17) is 4.98 Å². The Hall–Kier alpha value is -3.22. The predicted molar refractivity (Wildman–Crippen MR) is 120 cm³/mol. The van der Waals surface area contributed by atoms with Crippen molar-refractivity contribution >= 4 is 28.5 Å². The molecule has 0 unspecified atom stereocenters. The van der Waals surface area contributed by atoms with Crippen LogP contribution in [0.15, 0.2) is 30.6 Å². The van der Waals surface area contributed by atoms with Crippen LogP contribution in [-0.4, -0.2) is 46.8 Å². The molecule has 2 N–H and O–H groups in total. The third kappa shape index (κ3) is 4.06. The van der Waals surface area contributed by atoms with Gasteiger partial charge in [0.25, 0.3) is 5.91 Å². The van der Waals surface area contributed by atoms with Crippen LogP contribution in [0.3, 0.4) is 0 Å². The zero-order valence-electron chi connectivity index (χ0n) is 18.5. The van der Waals surface area contributed by atoms with E-state index in [-0.39, 0.29) is 11.7 Å². The third-order valence-corrected chi connectivity index (χ3v) is 5.14. The first kappa shape index (κ1) is 21.5. The van der Waals surface area contributed by atoms with E-state index in [1.54, 1.807) is 25.5 Å². The molecule has 2 aromatic heterocycles. The van der Waals surface area contributed by atoms with Crippen LogP contribution in [0.1, 0.15) is 55.3 Å². The molecule has 30 heavy (non-hydrogen) atoms. The van der Waals surface area contributed by atoms with Crippen molar-refractivity contribution in [2.75, 3.05) is 25.0 Å². The molecule has 0 spiro atoms. The number of benzene rings is 1. The maximum Gasteiger partial charge on any atom is 0.251 e. The first-order chi connectivity index (χ1) is 14.2. The van der Waals surface area contributed by atoms with E-state index in [0.29, 0.717) is 28.0 Å². The molecule has 7 heteroatoms. The number of nitrogens with one attached hydrogen (secondary N) is 2. The number of ketones is 1. The topological polar surface area (TPSA) is 91.0 Å². The number of Topliss-reactive ketones (excluding diaryl/α,β-unsaturated/α-hetero) is 1. The van der Waals surface area contributed by atoms with Gasteiger partial charge in [-0.2, -0.15) is 0 Å². The Morgan fingerprint density at radius 3 is 2.43 bits per heavy atom. The standard InChI is InChI=1S/C23H29N5O2/c1-7-28(8-2)16-10-14(9-15(11-16)22(30)24-6)18-13-26-21-19(27-18)17(12-25-21)20(29)23(3,4)5/h9-13H,7-8H2,1-6H3,(H,24,30)(H,25,26). The Bertz CT molecular complexity index is 1090. The number of nitrogens with zero attached hydrogens (tertiary/aromatic N) is 3. The van der Waals surface area contributed by atoms with Crippen molar-refractivity contribution in [3.05, 3.63) is 41.7 Å². The molecule has 1 aromatic carbocycles. The van der Waals surface area contributed by atoms with Crippen molar-refractivity contribution in [1.29, 1.82) is 0 Å². The minimum absolute atomic E-state index is 0.00291. The summed E-state index contributed by atoms with van der Waals surface area (Å²) in [6, 6.07) is 5.69. The highest BCUT2D eigenvalue weighted by Crippen LogP contribution is 2.29. The van der Waals surface area contributed by atoms with Crippen LogP contribution in [0.25, 0.3) is 22.4 Å². The van der Waals surface area contributed by atoms with Gasteiger partial charge in [-0.1, -0.05) is 20.8 Å². The Balaban J connectivity index is 2.18. The summed E-state index contributed by atoms with van der Waals surface area (Å²) in [7, 11) is 1.61. The third-order valence-electron chi connectivity index (χ3n) is 5.14. The Labute approximate surface area is 176 Å². The van der Waals surface area contributed by atoms with Crippen molar-refractivity contribution in [3.8, 4) is 11.3 Å². The lowest BCUT2D eigenvalue weighted by Gasteiger charge is -2.22. The van der Waals surface area contributed by atoms with E-state index in [1.807, 2.05) is 32.9 Å². The molecule has 3 rings (SSSR count). The van der Waals surface area contributed by atoms with Crippen LogP contribution < -0.4 is 10.2 Å². The SMILES string of the molecule is CCN(CC)c1cc(C(=O)NC)cc(-c2cnc3[nH]cc(C(=O)C(C)(C)C)c3n2)c1. The van der Waals surface area contributed by atoms with E-state index >= 15 is 0 Å². The number of carbonyl (C=O) groups excluding carboxylic acids is 2. The highest BCUT2D eigenvalue weighted by molar-refractivity contribution is 6.08. The molecule has 0 aliphatic heterocycles. The Kier molecular flexibility index (Phi) is 5.92. The van der Waals surface area contributed by atoms with E-state index in [2.05, 4.69) is 34.0 Å². The molecule has 0 saturated carbocycles. The first-order valence-electron chi connectivity index (χ1n) is 10.2. The lowest BCUT2D eigenvalue weighted by Crippen LogP contribution is -2.23. The van der Waals surface area contributed by atoms with Crippen LogP contribution in [0.4, 0.5) is 5.69 Å². The van der Waals surface area contributed by atoms with Crippen LogP contribution in [-0.2, 0) is 0 Å². The minimum Gasteiger partial charge on any atom is -0.372 e. The lowest BCUT2D eigenvalue weighted by molar-refractivity contribution is 0.0859. The summed E-state index contributed by atoms with van der Waals surface area (Å²) in [6.45, 7) is 11.4. The average Bonchev–Trinajstić information content (AvgIpc) is 3.15. The highest BCUT2D eigenvalue weighted by Gasteiger charge is 2.26. The van der Waals surface area contributed by atoms with Crippen LogP contribution in [0.2, 0.25) is 0 Å². The summed E-state index contributed by atoms with van der Waals surface area (Å²) in [6.07, 6.45) is 3.34. The van der Waals surface area contributed by atoms with Gasteiger partial charge in [0.05, 0.1) is 17.5 Å². The molecule has 0 bridgehead atoms. The molecule has 0 saturated heterocycles. The molecule has 0 radical (unpaired) electrons. The average molecular weight is 408 g/mol. The summed E-state index contributed by atoms with van der Waals surface area (Å²) in [5.74, 6) is -0.160. The van der Waals surface area contributed by atoms with E-state index in [9.17, 15) is 9.59 Å². The quantitative estimate of drug-likeness (QED) is 0.601. The molecule has 1 amide bonds. The van der Waals surface area contributed by atoms with E-state index < -0.39 is 5.41 Å². The number of H-pyrrole nitrogens is 1. The molecule has 3 aromatic rings. The summed E-state index contributed by atoms with van der Waals surface area (Å²) in [5, 5.41) is 2.69. The minimum atomic E-state index is -0.526. The molecule has 158 valence electrons. The molecule has 0 aliphatic rings. The van der Waals surface area contributed by atoms with Gasteiger partial charge in [0.2, 0.25) is 0 Å². The zero-order chi connectivity index (χ0) is 22.1. The number of fused-ring (bicyclic) bond motifs is 1. The fraction of sp³-hybridized carbons (Fsp3) is 0.391. The second-order valence-electron chi connectivity index (χ2n) is 8.25. The fourth-order valence-electron chi connectivity index (χ4n) is 3.41. The van der Waals surface area contributed by atoms with Gasteiger partial charge in [0.15, 0.2) is 11.4 Å². The summed E-state index contributed by atoms with van der Waals surface area (Å²) < 4.78 is 0. The van der Waals surface area contributed by atoms with E-state index in [1.165, 1.54) is 0 Å². The zero-order valence-corrected chi connectivity index (χ0v) is 18.5. The summed E-state index contributed by atoms with van der Waals surface area (Å²) in [4.78, 5) is 39.6. The van der Waals surface area contributed by atoms with Crippen molar-refractivity contribution in [2.24, 2.45) is 5.41 Å². The van der Waals surface area contributed by atoms with Crippen LogP contribution in [0, 0.1) is 5.41 Å². The first-order valence-corrected chi connectivity index (χ1v) is 10.2. The number of carbonyl (C=O) groups is 2. The Morgan fingerprint density at radius 1 is 1.13 bits per heavy atom. The monoisotopic (exact) mass is 407 g/mol. The van der Waals surface area contributed by atoms with Gasteiger partial charge in [-0.25, -0.2) is 9.97 Å². The van der Waals surface area contributed by atoms with Crippen molar-refractivity contribution in [1.82, 2.24) is 20.3 Å². The van der Waals surface area contributed by atoms with Crippen molar-refractivity contribution < 1.29 is 9.59 Å². The maximum atomic E-state index is 12.8.